The molecule has 15 heavy (non-hydrogen) atoms. The SMILES string of the molecule is CCN1CC(F)CC1(CC)COC(C)C. The maximum atomic E-state index is 13.5. The number of alkyl halides is 1. The number of nitrogens with zero attached hydrogens (tertiary/aromatic N) is 1. The molecule has 1 heterocycles. The van der Waals surface area contributed by atoms with E-state index in [4.69, 9.17) is 4.74 Å². The minimum absolute atomic E-state index is 0.0571. The van der Waals surface area contributed by atoms with Gasteiger partial charge in [0, 0.05) is 18.5 Å². The Labute approximate surface area is 92.8 Å². The number of hydrogen-bond donors (Lipinski definition) is 0. The molecule has 0 saturated carbocycles. The Bertz CT molecular complexity index is 198. The van der Waals surface area contributed by atoms with E-state index in [1.54, 1.807) is 0 Å². The van der Waals surface area contributed by atoms with Gasteiger partial charge in [-0.15, -0.1) is 0 Å². The van der Waals surface area contributed by atoms with Crippen molar-refractivity contribution in [3.8, 4) is 0 Å². The summed E-state index contributed by atoms with van der Waals surface area (Å²) in [5.41, 5.74) is -0.0571. The molecule has 1 aliphatic heterocycles. The molecule has 0 aromatic rings. The lowest BCUT2D eigenvalue weighted by atomic mass is 9.93. The van der Waals surface area contributed by atoms with E-state index in [0.29, 0.717) is 19.6 Å². The van der Waals surface area contributed by atoms with Crippen LogP contribution in [-0.4, -0.2) is 42.4 Å². The van der Waals surface area contributed by atoms with Crippen LogP contribution in [0.3, 0.4) is 0 Å². The van der Waals surface area contributed by atoms with Gasteiger partial charge in [0.2, 0.25) is 0 Å². The third-order valence-electron chi connectivity index (χ3n) is 3.42. The Morgan fingerprint density at radius 1 is 1.47 bits per heavy atom. The van der Waals surface area contributed by atoms with Crippen LogP contribution in [0, 0.1) is 0 Å². The lowest BCUT2D eigenvalue weighted by Gasteiger charge is -2.37. The average Bonchev–Trinajstić information content (AvgIpc) is 2.52. The molecule has 1 saturated heterocycles. The lowest BCUT2D eigenvalue weighted by molar-refractivity contribution is -0.0137. The van der Waals surface area contributed by atoms with Crippen molar-refractivity contribution in [2.45, 2.75) is 58.4 Å². The summed E-state index contributed by atoms with van der Waals surface area (Å²) in [6.07, 6.45) is 1.14. The molecule has 0 amide bonds. The standard InChI is InChI=1S/C12H24FNO/c1-5-12(9-15-10(3)4)7-11(13)8-14(12)6-2/h10-11H,5-9H2,1-4H3. The van der Waals surface area contributed by atoms with Crippen LogP contribution in [0.5, 0.6) is 0 Å². The first kappa shape index (κ1) is 12.9. The van der Waals surface area contributed by atoms with E-state index < -0.39 is 6.17 Å². The van der Waals surface area contributed by atoms with Gasteiger partial charge >= 0.3 is 0 Å². The Hall–Kier alpha value is -0.150. The van der Waals surface area contributed by atoms with Crippen molar-refractivity contribution in [1.29, 1.82) is 0 Å². The molecule has 0 aromatic heterocycles. The first-order valence-electron chi connectivity index (χ1n) is 6.04. The van der Waals surface area contributed by atoms with E-state index in [1.807, 2.05) is 13.8 Å². The molecule has 3 heteroatoms. The summed E-state index contributed by atoms with van der Waals surface area (Å²) in [7, 11) is 0. The molecule has 2 atom stereocenters. The fraction of sp³-hybridized carbons (Fsp3) is 1.00. The maximum Gasteiger partial charge on any atom is 0.115 e. The molecule has 2 unspecified atom stereocenters. The summed E-state index contributed by atoms with van der Waals surface area (Å²) in [5.74, 6) is 0. The van der Waals surface area contributed by atoms with Gasteiger partial charge in [-0.25, -0.2) is 4.39 Å². The molecule has 1 rings (SSSR count). The van der Waals surface area contributed by atoms with Gasteiger partial charge in [0.15, 0.2) is 0 Å². The number of likely N-dealkylation sites (N-methyl/N-ethyl adjacent to an activating group) is 1. The van der Waals surface area contributed by atoms with Gasteiger partial charge in [-0.3, -0.25) is 4.90 Å². The molecular formula is C12H24FNO. The zero-order valence-corrected chi connectivity index (χ0v) is 10.4. The van der Waals surface area contributed by atoms with Crippen molar-refractivity contribution in [1.82, 2.24) is 4.90 Å². The Morgan fingerprint density at radius 2 is 2.13 bits per heavy atom. The van der Waals surface area contributed by atoms with Crippen LogP contribution in [0.25, 0.3) is 0 Å². The van der Waals surface area contributed by atoms with Gasteiger partial charge in [-0.1, -0.05) is 13.8 Å². The topological polar surface area (TPSA) is 12.5 Å². The molecule has 2 nitrogen and oxygen atoms in total. The van der Waals surface area contributed by atoms with E-state index in [9.17, 15) is 4.39 Å². The maximum absolute atomic E-state index is 13.5. The largest absolute Gasteiger partial charge is 0.377 e. The predicted molar refractivity (Wildman–Crippen MR) is 60.9 cm³/mol. The molecular weight excluding hydrogens is 193 g/mol. The van der Waals surface area contributed by atoms with E-state index in [2.05, 4.69) is 18.7 Å². The van der Waals surface area contributed by atoms with Crippen LogP contribution in [-0.2, 0) is 4.74 Å². The number of likely N-dealkylation sites (tertiary alicyclic amines) is 1. The second-order valence-corrected chi connectivity index (χ2v) is 4.78. The van der Waals surface area contributed by atoms with Crippen LogP contribution in [0.1, 0.15) is 40.5 Å². The quantitative estimate of drug-likeness (QED) is 0.702. The van der Waals surface area contributed by atoms with Crippen LogP contribution < -0.4 is 0 Å². The second-order valence-electron chi connectivity index (χ2n) is 4.78. The van der Waals surface area contributed by atoms with E-state index >= 15 is 0 Å². The van der Waals surface area contributed by atoms with E-state index in [-0.39, 0.29) is 11.6 Å². The van der Waals surface area contributed by atoms with E-state index in [1.165, 1.54) is 0 Å². The molecule has 0 aromatic carbocycles. The number of rotatable bonds is 5. The Balaban J connectivity index is 2.64. The van der Waals surface area contributed by atoms with Crippen LogP contribution >= 0.6 is 0 Å². The molecule has 90 valence electrons. The van der Waals surface area contributed by atoms with Crippen LogP contribution in [0.2, 0.25) is 0 Å². The first-order chi connectivity index (χ1) is 7.04. The highest BCUT2D eigenvalue weighted by atomic mass is 19.1. The predicted octanol–water partition coefficient (Wildman–Crippen LogP) is 2.62. The summed E-state index contributed by atoms with van der Waals surface area (Å²) in [4.78, 5) is 2.24. The lowest BCUT2D eigenvalue weighted by Crippen LogP contribution is -2.47. The number of halogens is 1. The smallest absolute Gasteiger partial charge is 0.115 e. The average molecular weight is 217 g/mol. The van der Waals surface area contributed by atoms with Gasteiger partial charge < -0.3 is 4.74 Å². The summed E-state index contributed by atoms with van der Waals surface area (Å²) in [5, 5.41) is 0. The van der Waals surface area contributed by atoms with E-state index in [0.717, 1.165) is 13.0 Å². The number of ether oxygens (including phenoxy) is 1. The molecule has 0 spiro atoms. The molecule has 1 fully saturated rings. The molecule has 0 aliphatic carbocycles. The van der Waals surface area contributed by atoms with Gasteiger partial charge in [-0.05, 0) is 26.8 Å². The third kappa shape index (κ3) is 2.91. The van der Waals surface area contributed by atoms with Crippen LogP contribution in [0.4, 0.5) is 4.39 Å². The normalized spacial score (nSPS) is 32.8. The van der Waals surface area contributed by atoms with Crippen LogP contribution in [0.15, 0.2) is 0 Å². The second kappa shape index (κ2) is 5.26. The Morgan fingerprint density at radius 3 is 2.60 bits per heavy atom. The fourth-order valence-corrected chi connectivity index (χ4v) is 2.45. The van der Waals surface area contributed by atoms with Crippen molar-refractivity contribution in [3.63, 3.8) is 0 Å². The van der Waals surface area contributed by atoms with Crippen molar-refractivity contribution >= 4 is 0 Å². The zero-order chi connectivity index (χ0) is 11.5. The summed E-state index contributed by atoms with van der Waals surface area (Å²) >= 11 is 0. The molecule has 0 radical (unpaired) electrons. The van der Waals surface area contributed by atoms with Gasteiger partial charge in [0.25, 0.3) is 0 Å². The summed E-state index contributed by atoms with van der Waals surface area (Å²) in [6, 6.07) is 0. The molecule has 0 N–H and O–H groups in total. The molecule has 1 aliphatic rings. The van der Waals surface area contributed by atoms with Gasteiger partial charge in [-0.2, -0.15) is 0 Å². The highest BCUT2D eigenvalue weighted by molar-refractivity contribution is 4.98. The first-order valence-corrected chi connectivity index (χ1v) is 6.04. The highest BCUT2D eigenvalue weighted by Gasteiger charge is 2.44. The minimum atomic E-state index is -0.680. The van der Waals surface area contributed by atoms with Crippen molar-refractivity contribution in [3.05, 3.63) is 0 Å². The fourth-order valence-electron chi connectivity index (χ4n) is 2.45. The zero-order valence-electron chi connectivity index (χ0n) is 10.4. The highest BCUT2D eigenvalue weighted by Crippen LogP contribution is 2.34. The Kier molecular flexibility index (Phi) is 4.53. The third-order valence-corrected chi connectivity index (χ3v) is 3.42. The minimum Gasteiger partial charge on any atom is -0.377 e. The summed E-state index contributed by atoms with van der Waals surface area (Å²) < 4.78 is 19.2. The molecule has 0 bridgehead atoms. The monoisotopic (exact) mass is 217 g/mol. The van der Waals surface area contributed by atoms with Crippen molar-refractivity contribution in [2.24, 2.45) is 0 Å². The van der Waals surface area contributed by atoms with Crippen molar-refractivity contribution < 1.29 is 9.13 Å². The van der Waals surface area contributed by atoms with Crippen molar-refractivity contribution in [2.75, 3.05) is 19.7 Å². The van der Waals surface area contributed by atoms with Gasteiger partial charge in [0.05, 0.1) is 12.7 Å². The number of hydrogen-bond acceptors (Lipinski definition) is 2. The van der Waals surface area contributed by atoms with Gasteiger partial charge in [0.1, 0.15) is 6.17 Å². The summed E-state index contributed by atoms with van der Waals surface area (Å²) in [6.45, 7) is 10.4.